The van der Waals surface area contributed by atoms with Crippen molar-refractivity contribution in [2.45, 2.75) is 19.4 Å². The van der Waals surface area contributed by atoms with Crippen LogP contribution in [0.25, 0.3) is 11.3 Å². The van der Waals surface area contributed by atoms with Gasteiger partial charge in [-0.3, -0.25) is 9.89 Å². The first kappa shape index (κ1) is 19.2. The number of ether oxygens (including phenoxy) is 2. The third kappa shape index (κ3) is 4.17. The van der Waals surface area contributed by atoms with Crippen molar-refractivity contribution in [3.63, 3.8) is 0 Å². The second kappa shape index (κ2) is 8.49. The van der Waals surface area contributed by atoms with Crippen molar-refractivity contribution in [1.82, 2.24) is 15.1 Å². The number of nitrogens with one attached hydrogen (secondary N) is 1. The lowest BCUT2D eigenvalue weighted by Crippen LogP contribution is -2.43. The number of morpholine rings is 1. The molecule has 6 nitrogen and oxygen atoms in total. The minimum absolute atomic E-state index is 0.0830. The Balaban J connectivity index is 1.50. The number of rotatable bonds is 5. The first-order chi connectivity index (χ1) is 14.2. The number of carbonyl (C=O) groups is 1. The molecule has 1 fully saturated rings. The Kier molecular flexibility index (Phi) is 5.62. The van der Waals surface area contributed by atoms with Gasteiger partial charge in [-0.15, -0.1) is 0 Å². The minimum Gasteiger partial charge on any atom is -0.497 e. The molecule has 3 aromatic rings. The summed E-state index contributed by atoms with van der Waals surface area (Å²) < 4.78 is 11.1. The van der Waals surface area contributed by atoms with Gasteiger partial charge in [0.2, 0.25) is 5.91 Å². The molecule has 0 spiro atoms. The van der Waals surface area contributed by atoms with Gasteiger partial charge in [0.1, 0.15) is 11.9 Å². The van der Waals surface area contributed by atoms with Crippen molar-refractivity contribution in [2.24, 2.45) is 0 Å². The highest BCUT2D eigenvalue weighted by molar-refractivity contribution is 5.82. The molecule has 1 aliphatic heterocycles. The van der Waals surface area contributed by atoms with Gasteiger partial charge in [-0.25, -0.2) is 0 Å². The van der Waals surface area contributed by atoms with Crippen LogP contribution >= 0.6 is 0 Å². The zero-order valence-electron chi connectivity index (χ0n) is 16.7. The molecule has 1 amide bonds. The molecule has 0 saturated carbocycles. The molecular weight excluding hydrogens is 366 g/mol. The quantitative estimate of drug-likeness (QED) is 0.722. The first-order valence-corrected chi connectivity index (χ1v) is 9.78. The minimum atomic E-state index is -0.0830. The van der Waals surface area contributed by atoms with Crippen LogP contribution in [-0.4, -0.2) is 47.8 Å². The van der Waals surface area contributed by atoms with Crippen LogP contribution in [0.4, 0.5) is 0 Å². The first-order valence-electron chi connectivity index (χ1n) is 9.78. The second-order valence-corrected chi connectivity index (χ2v) is 7.19. The molecule has 0 bridgehead atoms. The average molecular weight is 391 g/mol. The van der Waals surface area contributed by atoms with E-state index in [-0.39, 0.29) is 12.0 Å². The summed E-state index contributed by atoms with van der Waals surface area (Å²) in [4.78, 5) is 15.0. The van der Waals surface area contributed by atoms with Crippen molar-refractivity contribution < 1.29 is 14.3 Å². The zero-order chi connectivity index (χ0) is 20.2. The molecule has 0 aliphatic carbocycles. The maximum Gasteiger partial charge on any atom is 0.227 e. The van der Waals surface area contributed by atoms with Crippen molar-refractivity contribution >= 4 is 5.91 Å². The predicted molar refractivity (Wildman–Crippen MR) is 111 cm³/mol. The highest BCUT2D eigenvalue weighted by atomic mass is 16.5. The molecule has 2 heterocycles. The number of hydrogen-bond acceptors (Lipinski definition) is 4. The van der Waals surface area contributed by atoms with E-state index in [1.165, 1.54) is 0 Å². The second-order valence-electron chi connectivity index (χ2n) is 7.19. The van der Waals surface area contributed by atoms with E-state index in [0.29, 0.717) is 26.1 Å². The summed E-state index contributed by atoms with van der Waals surface area (Å²) >= 11 is 0. The van der Waals surface area contributed by atoms with Crippen LogP contribution in [0.15, 0.2) is 54.6 Å². The smallest absolute Gasteiger partial charge is 0.227 e. The Morgan fingerprint density at radius 1 is 1.21 bits per heavy atom. The van der Waals surface area contributed by atoms with Gasteiger partial charge in [0.15, 0.2) is 0 Å². The lowest BCUT2D eigenvalue weighted by Gasteiger charge is -2.33. The topological polar surface area (TPSA) is 67.5 Å². The van der Waals surface area contributed by atoms with E-state index in [9.17, 15) is 4.79 Å². The average Bonchev–Trinajstić information content (AvgIpc) is 3.14. The number of aromatic amines is 1. The van der Waals surface area contributed by atoms with Crippen molar-refractivity contribution in [1.29, 1.82) is 0 Å². The van der Waals surface area contributed by atoms with Gasteiger partial charge in [-0.05, 0) is 36.8 Å². The maximum atomic E-state index is 13.1. The highest BCUT2D eigenvalue weighted by Gasteiger charge is 2.27. The predicted octanol–water partition coefficient (Wildman–Crippen LogP) is 3.54. The third-order valence-electron chi connectivity index (χ3n) is 5.36. The monoisotopic (exact) mass is 391 g/mol. The Morgan fingerprint density at radius 3 is 2.69 bits per heavy atom. The summed E-state index contributed by atoms with van der Waals surface area (Å²) in [5.74, 6) is 0.882. The summed E-state index contributed by atoms with van der Waals surface area (Å²) in [6, 6.07) is 17.8. The molecule has 6 heteroatoms. The van der Waals surface area contributed by atoms with Crippen LogP contribution in [0, 0.1) is 6.92 Å². The van der Waals surface area contributed by atoms with Gasteiger partial charge in [-0.2, -0.15) is 5.10 Å². The van der Waals surface area contributed by atoms with Gasteiger partial charge < -0.3 is 14.4 Å². The Morgan fingerprint density at radius 2 is 1.97 bits per heavy atom. The molecule has 1 aliphatic rings. The largest absolute Gasteiger partial charge is 0.497 e. The number of methoxy groups -OCH3 is 1. The van der Waals surface area contributed by atoms with Crippen LogP contribution < -0.4 is 4.74 Å². The normalized spacial score (nSPS) is 16.6. The number of aromatic nitrogens is 2. The van der Waals surface area contributed by atoms with E-state index in [4.69, 9.17) is 9.47 Å². The Hall–Kier alpha value is -3.12. The molecule has 0 unspecified atom stereocenters. The fourth-order valence-electron chi connectivity index (χ4n) is 3.66. The van der Waals surface area contributed by atoms with E-state index in [2.05, 4.69) is 10.2 Å². The lowest BCUT2D eigenvalue weighted by molar-refractivity contribution is -0.138. The van der Waals surface area contributed by atoms with Crippen molar-refractivity contribution in [2.75, 3.05) is 26.8 Å². The fraction of sp³-hybridized carbons (Fsp3) is 0.304. The number of hydrogen-bond donors (Lipinski definition) is 1. The lowest BCUT2D eigenvalue weighted by atomic mass is 10.0. The number of H-pyrrole nitrogens is 1. The van der Waals surface area contributed by atoms with Crippen LogP contribution in [0.3, 0.4) is 0 Å². The third-order valence-corrected chi connectivity index (χ3v) is 5.36. The molecule has 4 rings (SSSR count). The number of nitrogens with zero attached hydrogens (tertiary/aromatic N) is 2. The SMILES string of the molecule is COc1ccc(-c2n[nH]c(C)c2CC(=O)N2CCO[C@@H](c3ccccc3)C2)cc1. The van der Waals surface area contributed by atoms with E-state index >= 15 is 0 Å². The molecular formula is C23H25N3O3. The van der Waals surface area contributed by atoms with Gasteiger partial charge in [-0.1, -0.05) is 30.3 Å². The summed E-state index contributed by atoms with van der Waals surface area (Å²) in [6.45, 7) is 3.67. The highest BCUT2D eigenvalue weighted by Crippen LogP contribution is 2.27. The molecule has 0 radical (unpaired) electrons. The van der Waals surface area contributed by atoms with E-state index < -0.39 is 0 Å². The summed E-state index contributed by atoms with van der Waals surface area (Å²) in [7, 11) is 1.64. The van der Waals surface area contributed by atoms with E-state index in [1.54, 1.807) is 7.11 Å². The molecule has 150 valence electrons. The van der Waals surface area contributed by atoms with Crippen LogP contribution in [0.5, 0.6) is 5.75 Å². The number of aryl methyl sites for hydroxylation is 1. The summed E-state index contributed by atoms with van der Waals surface area (Å²) in [5, 5.41) is 7.47. The van der Waals surface area contributed by atoms with Crippen LogP contribution in [-0.2, 0) is 16.0 Å². The molecule has 29 heavy (non-hydrogen) atoms. The Labute approximate surface area is 170 Å². The van der Waals surface area contributed by atoms with Crippen LogP contribution in [0.2, 0.25) is 0 Å². The molecule has 1 atom stereocenters. The number of amides is 1. The van der Waals surface area contributed by atoms with E-state index in [0.717, 1.165) is 33.8 Å². The number of carbonyl (C=O) groups excluding carboxylic acids is 1. The number of benzene rings is 2. The van der Waals surface area contributed by atoms with Gasteiger partial charge >= 0.3 is 0 Å². The zero-order valence-corrected chi connectivity index (χ0v) is 16.7. The standard InChI is InChI=1S/C23H25N3O3/c1-16-20(23(25-24-16)18-8-10-19(28-2)11-9-18)14-22(27)26-12-13-29-21(15-26)17-6-4-3-5-7-17/h3-11,21H,12-15H2,1-2H3,(H,24,25)/t21-/m1/s1. The Bertz CT molecular complexity index is 967. The van der Waals surface area contributed by atoms with Gasteiger partial charge in [0.25, 0.3) is 0 Å². The van der Waals surface area contributed by atoms with Gasteiger partial charge in [0, 0.05) is 23.4 Å². The van der Waals surface area contributed by atoms with E-state index in [1.807, 2.05) is 66.4 Å². The van der Waals surface area contributed by atoms with Crippen LogP contribution in [0.1, 0.15) is 22.9 Å². The molecule has 1 N–H and O–H groups in total. The van der Waals surface area contributed by atoms with Crippen molar-refractivity contribution in [3.8, 4) is 17.0 Å². The summed E-state index contributed by atoms with van der Waals surface area (Å²) in [6.07, 6.45) is 0.228. The fourth-order valence-corrected chi connectivity index (χ4v) is 3.66. The van der Waals surface area contributed by atoms with Gasteiger partial charge in [0.05, 0.1) is 32.4 Å². The molecule has 2 aromatic carbocycles. The van der Waals surface area contributed by atoms with Crippen molar-refractivity contribution in [3.05, 3.63) is 71.4 Å². The maximum absolute atomic E-state index is 13.1. The molecule has 1 aromatic heterocycles. The summed E-state index contributed by atoms with van der Waals surface area (Å²) in [5.41, 5.74) is 4.72. The molecule has 1 saturated heterocycles.